The molecule has 0 fully saturated rings. The first kappa shape index (κ1) is 54.9. The number of amides is 1. The van der Waals surface area contributed by atoms with Gasteiger partial charge in [0.05, 0.1) is 18.8 Å². The maximum atomic E-state index is 12.4. The van der Waals surface area contributed by atoms with Gasteiger partial charge in [0.25, 0.3) is 0 Å². The van der Waals surface area contributed by atoms with Crippen LogP contribution in [0.1, 0.15) is 284 Å². The zero-order valence-electron chi connectivity index (χ0n) is 38.2. The minimum atomic E-state index is -0.838. The zero-order chi connectivity index (χ0) is 40.7. The van der Waals surface area contributed by atoms with E-state index in [-0.39, 0.29) is 12.5 Å². The smallest absolute Gasteiger partial charge is 0.220 e. The van der Waals surface area contributed by atoms with Crippen LogP contribution in [0, 0.1) is 0 Å². The normalized spacial score (nSPS) is 13.0. The summed E-state index contributed by atoms with van der Waals surface area (Å²) in [6, 6.07) is -0.621. The number of hydrogen-bond acceptors (Lipinski definition) is 3. The number of unbranched alkanes of at least 4 members (excludes halogenated alkanes) is 38. The van der Waals surface area contributed by atoms with Crippen LogP contribution in [0.15, 0.2) is 24.3 Å². The van der Waals surface area contributed by atoms with Gasteiger partial charge >= 0.3 is 0 Å². The summed E-state index contributed by atoms with van der Waals surface area (Å²) < 4.78 is 0. The number of allylic oxidation sites excluding steroid dienone is 3. The number of carbonyl (C=O) groups is 1. The predicted octanol–water partition coefficient (Wildman–Crippen LogP) is 16.4. The van der Waals surface area contributed by atoms with Gasteiger partial charge in [-0.25, -0.2) is 0 Å². The van der Waals surface area contributed by atoms with Gasteiger partial charge in [0.2, 0.25) is 5.91 Å². The molecule has 0 saturated heterocycles. The topological polar surface area (TPSA) is 69.6 Å². The molecule has 56 heavy (non-hydrogen) atoms. The van der Waals surface area contributed by atoms with Crippen molar-refractivity contribution in [1.29, 1.82) is 0 Å². The first-order valence-corrected chi connectivity index (χ1v) is 25.6. The molecular weight excluding hydrogens is 687 g/mol. The molecule has 0 aliphatic heterocycles. The summed E-state index contributed by atoms with van der Waals surface area (Å²) in [6.07, 6.45) is 63.1. The SMILES string of the molecule is CCCCCCCCCCCCCC/C=C\CCCCCCCCCCCC(=O)NC(CO)C(O)/C=C/CCCCCCCCCCCCCCCCCCC. The molecule has 4 heteroatoms. The van der Waals surface area contributed by atoms with E-state index in [0.29, 0.717) is 6.42 Å². The quantitative estimate of drug-likeness (QED) is 0.0425. The maximum Gasteiger partial charge on any atom is 0.220 e. The summed E-state index contributed by atoms with van der Waals surface area (Å²) in [7, 11) is 0. The summed E-state index contributed by atoms with van der Waals surface area (Å²) in [4.78, 5) is 12.4. The van der Waals surface area contributed by atoms with E-state index in [0.717, 1.165) is 25.7 Å². The van der Waals surface area contributed by atoms with Crippen LogP contribution in [0.5, 0.6) is 0 Å². The molecule has 0 aromatic carbocycles. The Morgan fingerprint density at radius 1 is 0.411 bits per heavy atom. The fraction of sp³-hybridized carbons (Fsp3) is 0.904. The highest BCUT2D eigenvalue weighted by atomic mass is 16.3. The van der Waals surface area contributed by atoms with Gasteiger partial charge in [-0.3, -0.25) is 4.79 Å². The molecular formula is C52H101NO3. The molecule has 332 valence electrons. The summed E-state index contributed by atoms with van der Waals surface area (Å²) >= 11 is 0. The molecule has 0 aromatic heterocycles. The van der Waals surface area contributed by atoms with E-state index >= 15 is 0 Å². The average molecular weight is 788 g/mol. The summed E-state index contributed by atoms with van der Waals surface area (Å²) in [5.41, 5.74) is 0. The number of hydrogen-bond donors (Lipinski definition) is 3. The summed E-state index contributed by atoms with van der Waals surface area (Å²) in [6.45, 7) is 4.34. The van der Waals surface area contributed by atoms with Crippen LogP contribution in [-0.2, 0) is 4.79 Å². The molecule has 0 aliphatic carbocycles. The first-order chi connectivity index (χ1) is 27.7. The Morgan fingerprint density at radius 2 is 0.679 bits per heavy atom. The van der Waals surface area contributed by atoms with Crippen molar-refractivity contribution in [3.8, 4) is 0 Å². The van der Waals surface area contributed by atoms with E-state index < -0.39 is 12.1 Å². The lowest BCUT2D eigenvalue weighted by Crippen LogP contribution is -2.45. The molecule has 2 unspecified atom stereocenters. The third-order valence-corrected chi connectivity index (χ3v) is 11.9. The summed E-state index contributed by atoms with van der Waals surface area (Å²) in [5.74, 6) is -0.0622. The lowest BCUT2D eigenvalue weighted by Gasteiger charge is -2.20. The minimum Gasteiger partial charge on any atom is -0.394 e. The van der Waals surface area contributed by atoms with E-state index in [1.54, 1.807) is 6.08 Å². The number of rotatable bonds is 47. The molecule has 0 heterocycles. The van der Waals surface area contributed by atoms with Gasteiger partial charge in [0, 0.05) is 6.42 Å². The van der Waals surface area contributed by atoms with Crippen molar-refractivity contribution in [1.82, 2.24) is 5.32 Å². The van der Waals surface area contributed by atoms with E-state index in [1.165, 1.54) is 238 Å². The monoisotopic (exact) mass is 788 g/mol. The van der Waals surface area contributed by atoms with Crippen molar-refractivity contribution < 1.29 is 15.0 Å². The van der Waals surface area contributed by atoms with Crippen LogP contribution in [-0.4, -0.2) is 34.9 Å². The van der Waals surface area contributed by atoms with Crippen molar-refractivity contribution in [3.63, 3.8) is 0 Å². The fourth-order valence-electron chi connectivity index (χ4n) is 8.00. The molecule has 0 radical (unpaired) electrons. The second-order valence-corrected chi connectivity index (χ2v) is 17.6. The molecule has 0 bridgehead atoms. The van der Waals surface area contributed by atoms with E-state index in [1.807, 2.05) is 6.08 Å². The van der Waals surface area contributed by atoms with E-state index in [9.17, 15) is 15.0 Å². The molecule has 4 nitrogen and oxygen atoms in total. The molecule has 3 N–H and O–H groups in total. The Labute approximate surface area is 351 Å². The predicted molar refractivity (Wildman–Crippen MR) is 249 cm³/mol. The highest BCUT2D eigenvalue weighted by Crippen LogP contribution is 2.16. The zero-order valence-corrected chi connectivity index (χ0v) is 38.2. The Kier molecular flexibility index (Phi) is 47.3. The summed E-state index contributed by atoms with van der Waals surface area (Å²) in [5, 5.41) is 23.1. The van der Waals surface area contributed by atoms with Gasteiger partial charge in [0.15, 0.2) is 0 Å². The van der Waals surface area contributed by atoms with Crippen LogP contribution in [0.4, 0.5) is 0 Å². The lowest BCUT2D eigenvalue weighted by atomic mass is 10.0. The maximum absolute atomic E-state index is 12.4. The van der Waals surface area contributed by atoms with Crippen LogP contribution in [0.3, 0.4) is 0 Å². The molecule has 0 saturated carbocycles. The molecule has 0 spiro atoms. The Hall–Kier alpha value is -1.13. The second-order valence-electron chi connectivity index (χ2n) is 17.6. The van der Waals surface area contributed by atoms with Gasteiger partial charge < -0.3 is 15.5 Å². The molecule has 0 rings (SSSR count). The van der Waals surface area contributed by atoms with Gasteiger partial charge in [-0.05, 0) is 44.9 Å². The van der Waals surface area contributed by atoms with Crippen molar-refractivity contribution in [2.45, 2.75) is 296 Å². The third-order valence-electron chi connectivity index (χ3n) is 11.9. The molecule has 1 amide bonds. The first-order valence-electron chi connectivity index (χ1n) is 25.6. The van der Waals surface area contributed by atoms with Gasteiger partial charge in [-0.1, -0.05) is 256 Å². The van der Waals surface area contributed by atoms with E-state index in [4.69, 9.17) is 0 Å². The largest absolute Gasteiger partial charge is 0.394 e. The standard InChI is InChI=1S/C52H101NO3/c1-3-5-7-9-11-13-15-17-19-21-23-24-25-26-27-28-30-32-34-36-38-40-42-44-46-48-52(56)53-50(49-54)51(55)47-45-43-41-39-37-35-33-31-29-22-20-18-16-14-12-10-8-6-4-2/h26-27,45,47,50-51,54-55H,3-25,28-44,46,48-49H2,1-2H3,(H,53,56)/b27-26-,47-45+. The number of aliphatic hydroxyl groups is 2. The molecule has 0 aromatic rings. The lowest BCUT2D eigenvalue weighted by molar-refractivity contribution is -0.123. The highest BCUT2D eigenvalue weighted by Gasteiger charge is 2.18. The third kappa shape index (κ3) is 44.0. The van der Waals surface area contributed by atoms with Crippen molar-refractivity contribution in [2.75, 3.05) is 6.61 Å². The van der Waals surface area contributed by atoms with Crippen molar-refractivity contribution in [3.05, 3.63) is 24.3 Å². The van der Waals surface area contributed by atoms with Gasteiger partial charge in [-0.2, -0.15) is 0 Å². The number of nitrogens with one attached hydrogen (secondary N) is 1. The number of carbonyl (C=O) groups excluding carboxylic acids is 1. The molecule has 0 aliphatic rings. The van der Waals surface area contributed by atoms with Gasteiger partial charge in [-0.15, -0.1) is 0 Å². The van der Waals surface area contributed by atoms with Crippen molar-refractivity contribution in [2.24, 2.45) is 0 Å². The fourth-order valence-corrected chi connectivity index (χ4v) is 8.00. The molecule has 2 atom stereocenters. The number of aliphatic hydroxyl groups excluding tert-OH is 2. The van der Waals surface area contributed by atoms with Gasteiger partial charge in [0.1, 0.15) is 0 Å². The minimum absolute atomic E-state index is 0.0622. The Morgan fingerprint density at radius 3 is 0.982 bits per heavy atom. The van der Waals surface area contributed by atoms with Crippen LogP contribution < -0.4 is 5.32 Å². The van der Waals surface area contributed by atoms with Crippen LogP contribution >= 0.6 is 0 Å². The average Bonchev–Trinajstić information content (AvgIpc) is 3.20. The van der Waals surface area contributed by atoms with Crippen LogP contribution in [0.2, 0.25) is 0 Å². The Balaban J connectivity index is 3.50. The van der Waals surface area contributed by atoms with Crippen LogP contribution in [0.25, 0.3) is 0 Å². The van der Waals surface area contributed by atoms with Crippen molar-refractivity contribution >= 4 is 5.91 Å². The second kappa shape index (κ2) is 48.2. The van der Waals surface area contributed by atoms with E-state index in [2.05, 4.69) is 31.3 Å². The highest BCUT2D eigenvalue weighted by molar-refractivity contribution is 5.76. The Bertz CT molecular complexity index is 810.